The Hall–Kier alpha value is -2.63. The first-order valence-corrected chi connectivity index (χ1v) is 7.66. The van der Waals surface area contributed by atoms with E-state index in [0.717, 1.165) is 0 Å². The van der Waals surface area contributed by atoms with Crippen molar-refractivity contribution in [2.75, 3.05) is 0 Å². The number of hydrogen-bond acceptors (Lipinski definition) is 4. The summed E-state index contributed by atoms with van der Waals surface area (Å²) in [5, 5.41) is 14.6. The molecule has 1 heterocycles. The van der Waals surface area contributed by atoms with Gasteiger partial charge in [-0.15, -0.1) is 0 Å². The summed E-state index contributed by atoms with van der Waals surface area (Å²) in [4.78, 5) is 16.8. The minimum absolute atomic E-state index is 0.0464. The Bertz CT molecular complexity index is 921. The van der Waals surface area contributed by atoms with Crippen LogP contribution in [-0.4, -0.2) is 25.7 Å². The predicted molar refractivity (Wildman–Crippen MR) is 93.1 cm³/mol. The normalized spacial score (nSPS) is 11.5. The van der Waals surface area contributed by atoms with Gasteiger partial charge in [0.2, 0.25) is 5.78 Å². The van der Waals surface area contributed by atoms with Crippen LogP contribution in [0.25, 0.3) is 11.8 Å². The monoisotopic (exact) mass is 359 g/mol. The molecule has 1 N–H and O–H groups in total. The highest BCUT2D eigenvalue weighted by molar-refractivity contribution is 6.40. The molecule has 0 amide bonds. The minimum atomic E-state index is -0.370. The molecule has 0 fully saturated rings. The number of phenolic OH excluding ortho intramolecular Hbond substituents is 1. The van der Waals surface area contributed by atoms with Crippen LogP contribution in [-0.2, 0) is 0 Å². The number of ketones is 1. The number of para-hydroxylation sites is 1. The van der Waals surface area contributed by atoms with Gasteiger partial charge in [-0.25, -0.2) is 9.67 Å². The maximum Gasteiger partial charge on any atom is 0.212 e. The van der Waals surface area contributed by atoms with Crippen LogP contribution >= 0.6 is 23.2 Å². The minimum Gasteiger partial charge on any atom is -0.507 e. The highest BCUT2D eigenvalue weighted by Crippen LogP contribution is 2.27. The van der Waals surface area contributed by atoms with E-state index in [1.807, 2.05) is 0 Å². The molecular weight excluding hydrogens is 349 g/mol. The summed E-state index contributed by atoms with van der Waals surface area (Å²) < 4.78 is 1.32. The zero-order chi connectivity index (χ0) is 17.1. The SMILES string of the molecule is O=C(/C(=C/c1ccccc1O)n1cncn1)c1ccc(Cl)cc1Cl. The van der Waals surface area contributed by atoms with Gasteiger partial charge in [0.1, 0.15) is 24.1 Å². The number of aromatic hydroxyl groups is 1. The molecule has 0 bridgehead atoms. The third kappa shape index (κ3) is 3.32. The molecule has 120 valence electrons. The van der Waals surface area contributed by atoms with Crippen molar-refractivity contribution in [1.82, 2.24) is 14.8 Å². The highest BCUT2D eigenvalue weighted by Gasteiger charge is 2.19. The van der Waals surface area contributed by atoms with Crippen LogP contribution in [0.2, 0.25) is 10.0 Å². The van der Waals surface area contributed by atoms with E-state index in [0.29, 0.717) is 10.6 Å². The number of halogens is 2. The molecule has 0 aliphatic carbocycles. The summed E-state index contributed by atoms with van der Waals surface area (Å²) in [6.07, 6.45) is 4.24. The fourth-order valence-electron chi connectivity index (χ4n) is 2.14. The Morgan fingerprint density at radius 1 is 1.17 bits per heavy atom. The summed E-state index contributed by atoms with van der Waals surface area (Å²) in [6.45, 7) is 0. The van der Waals surface area contributed by atoms with Gasteiger partial charge in [-0.1, -0.05) is 41.4 Å². The number of rotatable bonds is 4. The molecule has 0 aliphatic heterocycles. The van der Waals surface area contributed by atoms with Crippen molar-refractivity contribution in [3.05, 3.63) is 76.3 Å². The van der Waals surface area contributed by atoms with Crippen molar-refractivity contribution >= 4 is 40.8 Å². The van der Waals surface area contributed by atoms with Crippen LogP contribution in [0.15, 0.2) is 55.1 Å². The van der Waals surface area contributed by atoms with Gasteiger partial charge in [-0.05, 0) is 30.3 Å². The van der Waals surface area contributed by atoms with Crippen LogP contribution in [0, 0.1) is 0 Å². The van der Waals surface area contributed by atoms with Crippen molar-refractivity contribution in [2.45, 2.75) is 0 Å². The van der Waals surface area contributed by atoms with Crippen molar-refractivity contribution in [1.29, 1.82) is 0 Å². The number of Topliss-reactive ketones (excluding diaryl/α,β-unsaturated/α-hetero) is 1. The molecule has 1 aromatic heterocycles. The molecule has 2 aromatic carbocycles. The third-order valence-electron chi connectivity index (χ3n) is 3.30. The lowest BCUT2D eigenvalue weighted by atomic mass is 10.1. The van der Waals surface area contributed by atoms with Crippen LogP contribution in [0.4, 0.5) is 0 Å². The van der Waals surface area contributed by atoms with Gasteiger partial charge in [-0.3, -0.25) is 4.79 Å². The van der Waals surface area contributed by atoms with E-state index in [9.17, 15) is 9.90 Å². The van der Waals surface area contributed by atoms with E-state index < -0.39 is 0 Å². The quantitative estimate of drug-likeness (QED) is 0.560. The van der Waals surface area contributed by atoms with Gasteiger partial charge >= 0.3 is 0 Å². The molecule has 0 unspecified atom stereocenters. The van der Waals surface area contributed by atoms with Crippen molar-refractivity contribution in [3.63, 3.8) is 0 Å². The van der Waals surface area contributed by atoms with E-state index in [2.05, 4.69) is 10.1 Å². The molecule has 3 aromatic rings. The van der Waals surface area contributed by atoms with Crippen LogP contribution < -0.4 is 0 Å². The van der Waals surface area contributed by atoms with Gasteiger partial charge in [0.05, 0.1) is 5.02 Å². The van der Waals surface area contributed by atoms with Gasteiger partial charge in [0.15, 0.2) is 0 Å². The van der Waals surface area contributed by atoms with Crippen molar-refractivity contribution < 1.29 is 9.90 Å². The molecule has 0 atom stereocenters. The maximum absolute atomic E-state index is 12.9. The topological polar surface area (TPSA) is 68.0 Å². The predicted octanol–water partition coefficient (Wildman–Crippen LogP) is 4.17. The fraction of sp³-hybridized carbons (Fsp3) is 0. The molecule has 0 aliphatic rings. The number of nitrogens with zero attached hydrogens (tertiary/aromatic N) is 3. The van der Waals surface area contributed by atoms with E-state index in [-0.39, 0.29) is 27.8 Å². The molecule has 0 saturated heterocycles. The van der Waals surface area contributed by atoms with E-state index in [4.69, 9.17) is 23.2 Å². The second kappa shape index (κ2) is 6.86. The van der Waals surface area contributed by atoms with E-state index in [1.54, 1.807) is 30.3 Å². The van der Waals surface area contributed by atoms with Gasteiger partial charge in [0.25, 0.3) is 0 Å². The average Bonchev–Trinajstić information content (AvgIpc) is 3.08. The summed E-state index contributed by atoms with van der Waals surface area (Å²) in [5.74, 6) is -0.324. The number of carbonyl (C=O) groups excluding carboxylic acids is 1. The molecular formula is C17H11Cl2N3O2. The largest absolute Gasteiger partial charge is 0.507 e. The Morgan fingerprint density at radius 2 is 1.96 bits per heavy atom. The lowest BCUT2D eigenvalue weighted by Crippen LogP contribution is -2.10. The number of phenols is 1. The van der Waals surface area contributed by atoms with Crippen LogP contribution in [0.5, 0.6) is 5.75 Å². The zero-order valence-corrected chi connectivity index (χ0v) is 13.7. The first-order chi connectivity index (χ1) is 11.6. The first-order valence-electron chi connectivity index (χ1n) is 6.90. The summed E-state index contributed by atoms with van der Waals surface area (Å²) in [7, 11) is 0. The molecule has 24 heavy (non-hydrogen) atoms. The van der Waals surface area contributed by atoms with Crippen LogP contribution in [0.1, 0.15) is 15.9 Å². The molecule has 0 saturated carbocycles. The first kappa shape index (κ1) is 16.2. The number of hydrogen-bond donors (Lipinski definition) is 1. The lowest BCUT2D eigenvalue weighted by Gasteiger charge is -2.09. The summed E-state index contributed by atoms with van der Waals surface area (Å²) in [6, 6.07) is 11.3. The Balaban J connectivity index is 2.12. The zero-order valence-electron chi connectivity index (χ0n) is 12.2. The second-order valence-corrected chi connectivity index (χ2v) is 5.73. The smallest absolute Gasteiger partial charge is 0.212 e. The second-order valence-electron chi connectivity index (χ2n) is 4.88. The lowest BCUT2D eigenvalue weighted by molar-refractivity contribution is 0.105. The van der Waals surface area contributed by atoms with E-state index >= 15 is 0 Å². The third-order valence-corrected chi connectivity index (χ3v) is 3.85. The van der Waals surface area contributed by atoms with E-state index in [1.165, 1.54) is 35.5 Å². The standard InChI is InChI=1S/C17H11Cl2N3O2/c18-12-5-6-13(14(19)8-12)17(24)15(22-10-20-9-21-22)7-11-3-1-2-4-16(11)23/h1-10,23H/b15-7-. The maximum atomic E-state index is 12.9. The summed E-state index contributed by atoms with van der Waals surface area (Å²) in [5.41, 5.74) is 0.942. The Morgan fingerprint density at radius 3 is 2.62 bits per heavy atom. The number of carbonyl (C=O) groups is 1. The van der Waals surface area contributed by atoms with Crippen molar-refractivity contribution in [3.8, 4) is 5.75 Å². The number of benzene rings is 2. The number of allylic oxidation sites excluding steroid dienone is 1. The van der Waals surface area contributed by atoms with Gasteiger partial charge in [-0.2, -0.15) is 5.10 Å². The van der Waals surface area contributed by atoms with Gasteiger partial charge in [0, 0.05) is 16.1 Å². The van der Waals surface area contributed by atoms with Gasteiger partial charge < -0.3 is 5.11 Å². The molecule has 5 nitrogen and oxygen atoms in total. The van der Waals surface area contributed by atoms with Crippen LogP contribution in [0.3, 0.4) is 0 Å². The average molecular weight is 360 g/mol. The number of aromatic nitrogens is 3. The molecule has 3 rings (SSSR count). The highest BCUT2D eigenvalue weighted by atomic mass is 35.5. The molecule has 0 radical (unpaired) electrons. The molecule has 7 heteroatoms. The Kier molecular flexibility index (Phi) is 4.64. The fourth-order valence-corrected chi connectivity index (χ4v) is 2.63. The summed E-state index contributed by atoms with van der Waals surface area (Å²) >= 11 is 12.0. The molecule has 0 spiro atoms. The van der Waals surface area contributed by atoms with Crippen molar-refractivity contribution in [2.24, 2.45) is 0 Å². The Labute approximate surface area is 147 Å².